The largest absolute Gasteiger partial charge is 0.482 e. The fourth-order valence-corrected chi connectivity index (χ4v) is 6.70. The summed E-state index contributed by atoms with van der Waals surface area (Å²) >= 11 is 6.25. The molecule has 1 aromatic carbocycles. The predicted octanol–water partition coefficient (Wildman–Crippen LogP) is 2.86. The minimum atomic E-state index is -3.85. The highest BCUT2D eigenvalue weighted by Gasteiger charge is 2.37. The third-order valence-corrected chi connectivity index (χ3v) is 8.83. The van der Waals surface area contributed by atoms with Crippen molar-refractivity contribution in [3.05, 3.63) is 17.2 Å². The molecule has 1 atom stereocenters. The van der Waals surface area contributed by atoms with E-state index in [1.165, 1.54) is 16.4 Å². The molecule has 8 nitrogen and oxygen atoms in total. The molecule has 170 valence electrons. The second kappa shape index (κ2) is 8.96. The van der Waals surface area contributed by atoms with Crippen LogP contribution in [0.25, 0.3) is 0 Å². The lowest BCUT2D eigenvalue weighted by Gasteiger charge is -2.39. The van der Waals surface area contributed by atoms with Crippen LogP contribution in [0, 0.1) is 5.92 Å². The lowest BCUT2D eigenvalue weighted by molar-refractivity contribution is -0.140. The van der Waals surface area contributed by atoms with Crippen LogP contribution in [0.2, 0.25) is 5.02 Å². The fraction of sp³-hybridized carbons (Fsp3) is 0.619. The Morgan fingerprint density at radius 1 is 1.19 bits per heavy atom. The summed E-state index contributed by atoms with van der Waals surface area (Å²) in [5.41, 5.74) is 0.358. The number of halogens is 1. The van der Waals surface area contributed by atoms with E-state index in [0.717, 1.165) is 32.2 Å². The maximum Gasteiger partial charge on any atom is 0.262 e. The molecule has 0 spiro atoms. The summed E-state index contributed by atoms with van der Waals surface area (Å²) in [6, 6.07) is 3.07. The molecule has 4 rings (SSSR count). The number of sulfonamides is 1. The molecule has 1 N–H and O–H groups in total. The number of amides is 2. The highest BCUT2D eigenvalue weighted by molar-refractivity contribution is 7.89. The molecule has 3 aliphatic rings. The van der Waals surface area contributed by atoms with Gasteiger partial charge in [0.15, 0.2) is 6.61 Å². The molecule has 3 heterocycles. The van der Waals surface area contributed by atoms with E-state index in [9.17, 15) is 18.0 Å². The molecule has 3 aliphatic heterocycles. The lowest BCUT2D eigenvalue weighted by Crippen LogP contribution is -2.49. The van der Waals surface area contributed by atoms with Crippen LogP contribution in [0.5, 0.6) is 5.75 Å². The van der Waals surface area contributed by atoms with Crippen LogP contribution in [0.1, 0.15) is 45.4 Å². The highest BCUT2D eigenvalue weighted by Crippen LogP contribution is 2.38. The van der Waals surface area contributed by atoms with Gasteiger partial charge in [-0.1, -0.05) is 18.5 Å². The van der Waals surface area contributed by atoms with Crippen molar-refractivity contribution >= 4 is 39.1 Å². The second-order valence-electron chi connectivity index (χ2n) is 8.38. The Hall–Kier alpha value is -1.84. The normalized spacial score (nSPS) is 23.1. The first-order valence-electron chi connectivity index (χ1n) is 10.9. The predicted molar refractivity (Wildman–Crippen MR) is 117 cm³/mol. The molecule has 1 aromatic rings. The van der Waals surface area contributed by atoms with Crippen LogP contribution in [0.15, 0.2) is 17.0 Å². The maximum absolute atomic E-state index is 13.2. The van der Waals surface area contributed by atoms with E-state index >= 15 is 0 Å². The summed E-state index contributed by atoms with van der Waals surface area (Å²) in [6.07, 6.45) is 5.20. The van der Waals surface area contributed by atoms with Gasteiger partial charge in [-0.05, 0) is 44.6 Å². The number of hydrogen-bond donors (Lipinski definition) is 1. The Morgan fingerprint density at radius 3 is 2.65 bits per heavy atom. The zero-order chi connectivity index (χ0) is 22.2. The quantitative estimate of drug-likeness (QED) is 0.731. The van der Waals surface area contributed by atoms with Gasteiger partial charge in [0.2, 0.25) is 15.9 Å². The molecule has 2 saturated heterocycles. The van der Waals surface area contributed by atoms with Crippen molar-refractivity contribution in [3.63, 3.8) is 0 Å². The first-order valence-corrected chi connectivity index (χ1v) is 12.7. The molecular weight excluding hydrogens is 442 g/mol. The number of carbonyl (C=O) groups is 2. The van der Waals surface area contributed by atoms with E-state index in [1.807, 2.05) is 4.90 Å². The van der Waals surface area contributed by atoms with Gasteiger partial charge in [0.1, 0.15) is 10.6 Å². The number of carbonyl (C=O) groups excluding carboxylic acids is 2. The number of nitrogens with one attached hydrogen (secondary N) is 1. The summed E-state index contributed by atoms with van der Waals surface area (Å²) in [6.45, 7) is 3.29. The molecular formula is C21H28ClN3O5S. The zero-order valence-electron chi connectivity index (χ0n) is 17.6. The van der Waals surface area contributed by atoms with Crippen molar-refractivity contribution in [2.45, 2.75) is 56.4 Å². The monoisotopic (exact) mass is 469 g/mol. The summed E-state index contributed by atoms with van der Waals surface area (Å²) in [5, 5.41) is 2.65. The Morgan fingerprint density at radius 2 is 1.94 bits per heavy atom. The van der Waals surface area contributed by atoms with E-state index in [2.05, 4.69) is 12.2 Å². The zero-order valence-corrected chi connectivity index (χ0v) is 19.2. The van der Waals surface area contributed by atoms with Crippen molar-refractivity contribution in [1.82, 2.24) is 9.21 Å². The number of hydrogen-bond acceptors (Lipinski definition) is 5. The molecule has 31 heavy (non-hydrogen) atoms. The minimum absolute atomic E-state index is 0.0295. The number of ether oxygens (including phenoxy) is 1. The molecule has 10 heteroatoms. The van der Waals surface area contributed by atoms with Crippen LogP contribution in [0.4, 0.5) is 5.69 Å². The standard InChI is InChI=1S/C21H28ClN3O5S/c1-2-15-5-3-4-8-25(15)21(27)14-6-9-24(10-7-14)31(28,29)19-12-18-17(11-16(19)22)23-20(26)13-30-18/h11-12,14-15H,2-10,13H2,1H3,(H,23,26)/t15-/m1/s1. The highest BCUT2D eigenvalue weighted by atomic mass is 35.5. The van der Waals surface area contributed by atoms with Gasteiger partial charge in [-0.2, -0.15) is 4.31 Å². The number of likely N-dealkylation sites (tertiary alicyclic amines) is 1. The average molecular weight is 470 g/mol. The third kappa shape index (κ3) is 4.40. The van der Waals surface area contributed by atoms with Crippen LogP contribution in [-0.4, -0.2) is 61.7 Å². The first-order chi connectivity index (χ1) is 14.8. The molecule has 0 radical (unpaired) electrons. The summed E-state index contributed by atoms with van der Waals surface area (Å²) in [4.78, 5) is 26.5. The van der Waals surface area contributed by atoms with E-state index < -0.39 is 10.0 Å². The van der Waals surface area contributed by atoms with Crippen LogP contribution >= 0.6 is 11.6 Å². The number of nitrogens with zero attached hydrogens (tertiary/aromatic N) is 2. The van der Waals surface area contributed by atoms with E-state index in [-0.39, 0.29) is 53.1 Å². The molecule has 0 aliphatic carbocycles. The van der Waals surface area contributed by atoms with Gasteiger partial charge in [-0.25, -0.2) is 8.42 Å². The number of piperidine rings is 2. The lowest BCUT2D eigenvalue weighted by atomic mass is 9.92. The van der Waals surface area contributed by atoms with Gasteiger partial charge in [-0.3, -0.25) is 9.59 Å². The number of rotatable bonds is 4. The molecule has 2 fully saturated rings. The van der Waals surface area contributed by atoms with Crippen LogP contribution in [-0.2, 0) is 19.6 Å². The van der Waals surface area contributed by atoms with E-state index in [1.54, 1.807) is 0 Å². The SMILES string of the molecule is CC[C@@H]1CCCCN1C(=O)C1CCN(S(=O)(=O)c2cc3c(cc2Cl)NC(=O)CO3)CC1. The van der Waals surface area contributed by atoms with Gasteiger partial charge in [0.25, 0.3) is 5.91 Å². The van der Waals surface area contributed by atoms with Gasteiger partial charge < -0.3 is 15.0 Å². The Bertz CT molecular complexity index is 975. The van der Waals surface area contributed by atoms with Gasteiger partial charge in [-0.15, -0.1) is 0 Å². The van der Waals surface area contributed by atoms with Crippen molar-refractivity contribution < 1.29 is 22.7 Å². The van der Waals surface area contributed by atoms with Crippen molar-refractivity contribution in [1.29, 1.82) is 0 Å². The van der Waals surface area contributed by atoms with E-state index in [0.29, 0.717) is 24.6 Å². The van der Waals surface area contributed by atoms with Gasteiger partial charge in [0.05, 0.1) is 10.7 Å². The Labute approximate surface area is 187 Å². The smallest absolute Gasteiger partial charge is 0.262 e. The third-order valence-electron chi connectivity index (χ3n) is 6.47. The first kappa shape index (κ1) is 22.4. The molecule has 2 amide bonds. The maximum atomic E-state index is 13.2. The number of fused-ring (bicyclic) bond motifs is 1. The van der Waals surface area contributed by atoms with Crippen LogP contribution < -0.4 is 10.1 Å². The topological polar surface area (TPSA) is 96.0 Å². The molecule has 0 unspecified atom stereocenters. The summed E-state index contributed by atoms with van der Waals surface area (Å²) in [5.74, 6) is -0.0102. The van der Waals surface area contributed by atoms with Crippen LogP contribution in [0.3, 0.4) is 0 Å². The Balaban J connectivity index is 1.46. The summed E-state index contributed by atoms with van der Waals surface area (Å²) in [7, 11) is -3.85. The van der Waals surface area contributed by atoms with Crippen molar-refractivity contribution in [2.24, 2.45) is 5.92 Å². The van der Waals surface area contributed by atoms with Gasteiger partial charge >= 0.3 is 0 Å². The minimum Gasteiger partial charge on any atom is -0.482 e. The van der Waals surface area contributed by atoms with Crippen molar-refractivity contribution in [3.8, 4) is 5.75 Å². The number of benzene rings is 1. The fourth-order valence-electron chi connectivity index (χ4n) is 4.71. The average Bonchev–Trinajstić information content (AvgIpc) is 2.78. The van der Waals surface area contributed by atoms with Gasteiger partial charge in [0, 0.05) is 37.7 Å². The molecule has 0 aromatic heterocycles. The Kier molecular flexibility index (Phi) is 6.46. The molecule has 0 bridgehead atoms. The second-order valence-corrected chi connectivity index (χ2v) is 10.7. The van der Waals surface area contributed by atoms with E-state index in [4.69, 9.17) is 16.3 Å². The number of anilines is 1. The van der Waals surface area contributed by atoms with Crippen molar-refractivity contribution in [2.75, 3.05) is 31.6 Å². The molecule has 0 saturated carbocycles. The summed E-state index contributed by atoms with van der Waals surface area (Å²) < 4.78 is 33.2.